The third-order valence-corrected chi connectivity index (χ3v) is 5.25. The van der Waals surface area contributed by atoms with E-state index in [0.29, 0.717) is 38.6 Å². The van der Waals surface area contributed by atoms with Gasteiger partial charge in [0, 0.05) is 37.0 Å². The predicted molar refractivity (Wildman–Crippen MR) is 96.8 cm³/mol. The van der Waals surface area contributed by atoms with Crippen molar-refractivity contribution < 1.29 is 9.53 Å². The zero-order chi connectivity index (χ0) is 17.1. The van der Waals surface area contributed by atoms with Crippen LogP contribution in [0.3, 0.4) is 0 Å². The molecule has 2 fully saturated rings. The van der Waals surface area contributed by atoms with Gasteiger partial charge in [-0.1, -0.05) is 30.3 Å². The molecule has 1 aliphatic heterocycles. The number of aromatic nitrogens is 2. The van der Waals surface area contributed by atoms with Gasteiger partial charge in [0.25, 0.3) is 0 Å². The number of anilines is 1. The van der Waals surface area contributed by atoms with Crippen LogP contribution in [-0.4, -0.2) is 52.5 Å². The molecular formula is C18H22N4O2S. The van der Waals surface area contributed by atoms with E-state index in [2.05, 4.69) is 26.8 Å². The van der Waals surface area contributed by atoms with Crippen molar-refractivity contribution in [2.75, 3.05) is 31.6 Å². The minimum absolute atomic E-state index is 0.107. The fourth-order valence-corrected chi connectivity index (χ4v) is 3.70. The van der Waals surface area contributed by atoms with E-state index in [1.807, 2.05) is 23.1 Å². The van der Waals surface area contributed by atoms with E-state index in [1.54, 1.807) is 0 Å². The number of benzene rings is 1. The normalized spacial score (nSPS) is 18.8. The Bertz CT molecular complexity index is 711. The molecule has 6 nitrogen and oxygen atoms in total. The maximum absolute atomic E-state index is 13.0. The van der Waals surface area contributed by atoms with E-state index >= 15 is 0 Å². The molecule has 0 bridgehead atoms. The summed E-state index contributed by atoms with van der Waals surface area (Å²) < 4.78 is 9.80. The molecule has 1 saturated carbocycles. The second-order valence-corrected chi connectivity index (χ2v) is 7.31. The van der Waals surface area contributed by atoms with Gasteiger partial charge in [-0.25, -0.2) is 4.98 Å². The van der Waals surface area contributed by atoms with Crippen LogP contribution in [-0.2, 0) is 16.0 Å². The van der Waals surface area contributed by atoms with Gasteiger partial charge in [0.1, 0.15) is 11.9 Å². The van der Waals surface area contributed by atoms with Crippen LogP contribution in [0, 0.1) is 0 Å². The third kappa shape index (κ3) is 4.16. The van der Waals surface area contributed by atoms with E-state index in [0.717, 1.165) is 16.5 Å². The average Bonchev–Trinajstić information content (AvgIpc) is 3.41. The van der Waals surface area contributed by atoms with Gasteiger partial charge in [0.05, 0.1) is 13.2 Å². The molecule has 1 aromatic heterocycles. The number of morpholine rings is 1. The van der Waals surface area contributed by atoms with Crippen LogP contribution >= 0.6 is 11.5 Å². The smallest absolute Gasteiger partial charge is 0.245 e. The molecule has 2 aromatic rings. The van der Waals surface area contributed by atoms with Gasteiger partial charge >= 0.3 is 0 Å². The SMILES string of the molecule is O=C(C(Cc1ccccc1)Nc1nc(C2CC2)ns1)N1CCOCC1. The largest absolute Gasteiger partial charge is 0.378 e. The predicted octanol–water partition coefficient (Wildman–Crippen LogP) is 2.30. The minimum Gasteiger partial charge on any atom is -0.378 e. The Hall–Kier alpha value is -1.99. The fourth-order valence-electron chi connectivity index (χ4n) is 3.00. The standard InChI is InChI=1S/C18H22N4O2S/c23-17(22-8-10-24-11-9-22)15(12-13-4-2-1-3-5-13)19-18-20-16(21-25-18)14-6-7-14/h1-5,14-15H,6-12H2,(H,19,20,21). The summed E-state index contributed by atoms with van der Waals surface area (Å²) in [6.07, 6.45) is 2.99. The lowest BCUT2D eigenvalue weighted by Gasteiger charge is -2.30. The second-order valence-electron chi connectivity index (χ2n) is 6.56. The minimum atomic E-state index is -0.333. The number of carbonyl (C=O) groups excluding carboxylic acids is 1. The summed E-state index contributed by atoms with van der Waals surface area (Å²) in [5.41, 5.74) is 1.13. The summed E-state index contributed by atoms with van der Waals surface area (Å²) in [5.74, 6) is 1.55. The molecule has 1 N–H and O–H groups in total. The lowest BCUT2D eigenvalue weighted by atomic mass is 10.0. The number of ether oxygens (including phenoxy) is 1. The van der Waals surface area contributed by atoms with Crippen LogP contribution in [0.4, 0.5) is 5.13 Å². The Balaban J connectivity index is 1.50. The van der Waals surface area contributed by atoms with Crippen molar-refractivity contribution in [2.24, 2.45) is 0 Å². The van der Waals surface area contributed by atoms with E-state index in [-0.39, 0.29) is 11.9 Å². The summed E-state index contributed by atoms with van der Waals surface area (Å²) in [7, 11) is 0. The lowest BCUT2D eigenvalue weighted by molar-refractivity contribution is -0.136. The first-order valence-electron chi connectivity index (χ1n) is 8.80. The van der Waals surface area contributed by atoms with Crippen LogP contribution in [0.25, 0.3) is 0 Å². The molecule has 1 atom stereocenters. The highest BCUT2D eigenvalue weighted by Crippen LogP contribution is 2.39. The zero-order valence-electron chi connectivity index (χ0n) is 14.1. The van der Waals surface area contributed by atoms with Crippen molar-refractivity contribution in [3.63, 3.8) is 0 Å². The van der Waals surface area contributed by atoms with Crippen molar-refractivity contribution in [1.29, 1.82) is 0 Å². The first kappa shape index (κ1) is 16.5. The van der Waals surface area contributed by atoms with Crippen LogP contribution in [0.5, 0.6) is 0 Å². The highest BCUT2D eigenvalue weighted by Gasteiger charge is 2.30. The molecule has 25 heavy (non-hydrogen) atoms. The Kier molecular flexibility index (Phi) is 4.94. The molecule has 4 rings (SSSR count). The van der Waals surface area contributed by atoms with Gasteiger partial charge in [-0.15, -0.1) is 0 Å². The summed E-state index contributed by atoms with van der Waals surface area (Å²) in [6, 6.07) is 9.76. The summed E-state index contributed by atoms with van der Waals surface area (Å²) in [5, 5.41) is 4.08. The first-order valence-corrected chi connectivity index (χ1v) is 9.57. The Morgan fingerprint density at radius 1 is 1.28 bits per heavy atom. The average molecular weight is 358 g/mol. The van der Waals surface area contributed by atoms with Crippen LogP contribution in [0.2, 0.25) is 0 Å². The Labute approximate surface area is 151 Å². The highest BCUT2D eigenvalue weighted by molar-refractivity contribution is 7.09. The molecule has 7 heteroatoms. The first-order chi connectivity index (χ1) is 12.3. The van der Waals surface area contributed by atoms with E-state index in [1.165, 1.54) is 24.4 Å². The van der Waals surface area contributed by atoms with Crippen molar-refractivity contribution >= 4 is 22.6 Å². The lowest BCUT2D eigenvalue weighted by Crippen LogP contribution is -2.48. The summed E-state index contributed by atoms with van der Waals surface area (Å²) in [4.78, 5) is 19.5. The van der Waals surface area contributed by atoms with E-state index < -0.39 is 0 Å². The molecule has 2 heterocycles. The maximum atomic E-state index is 13.0. The van der Waals surface area contributed by atoms with Gasteiger partial charge in [-0.2, -0.15) is 4.37 Å². The van der Waals surface area contributed by atoms with Crippen molar-refractivity contribution in [3.8, 4) is 0 Å². The van der Waals surface area contributed by atoms with Gasteiger partial charge in [-0.3, -0.25) is 4.79 Å². The molecule has 132 valence electrons. The molecule has 2 aliphatic rings. The third-order valence-electron chi connectivity index (χ3n) is 4.59. The van der Waals surface area contributed by atoms with Gasteiger partial charge in [-0.05, 0) is 18.4 Å². The van der Waals surface area contributed by atoms with Crippen LogP contribution in [0.1, 0.15) is 30.1 Å². The number of hydrogen-bond acceptors (Lipinski definition) is 6. The number of nitrogens with zero attached hydrogens (tertiary/aromatic N) is 3. The molecular weight excluding hydrogens is 336 g/mol. The van der Waals surface area contributed by atoms with Crippen LogP contribution < -0.4 is 5.32 Å². The van der Waals surface area contributed by atoms with Crippen molar-refractivity contribution in [1.82, 2.24) is 14.3 Å². The summed E-state index contributed by atoms with van der Waals surface area (Å²) in [6.45, 7) is 2.51. The number of nitrogens with one attached hydrogen (secondary N) is 1. The molecule has 1 amide bonds. The Morgan fingerprint density at radius 2 is 2.04 bits per heavy atom. The monoisotopic (exact) mass is 358 g/mol. The second kappa shape index (κ2) is 7.49. The molecule has 1 aromatic carbocycles. The molecule has 1 aliphatic carbocycles. The van der Waals surface area contributed by atoms with Gasteiger partial charge in [0.2, 0.25) is 11.0 Å². The van der Waals surface area contributed by atoms with Crippen LogP contribution in [0.15, 0.2) is 30.3 Å². The summed E-state index contributed by atoms with van der Waals surface area (Å²) >= 11 is 1.35. The molecule has 1 unspecified atom stereocenters. The molecule has 1 saturated heterocycles. The molecule has 0 radical (unpaired) electrons. The van der Waals surface area contributed by atoms with E-state index in [9.17, 15) is 4.79 Å². The highest BCUT2D eigenvalue weighted by atomic mass is 32.1. The zero-order valence-corrected chi connectivity index (χ0v) is 14.9. The quantitative estimate of drug-likeness (QED) is 0.858. The van der Waals surface area contributed by atoms with Gasteiger partial charge in [0.15, 0.2) is 0 Å². The number of amides is 1. The van der Waals surface area contributed by atoms with E-state index in [4.69, 9.17) is 4.74 Å². The topological polar surface area (TPSA) is 67.4 Å². The van der Waals surface area contributed by atoms with Crippen molar-refractivity contribution in [3.05, 3.63) is 41.7 Å². The molecule has 0 spiro atoms. The Morgan fingerprint density at radius 3 is 2.76 bits per heavy atom. The van der Waals surface area contributed by atoms with Gasteiger partial charge < -0.3 is 15.0 Å². The maximum Gasteiger partial charge on any atom is 0.245 e. The van der Waals surface area contributed by atoms with Crippen molar-refractivity contribution in [2.45, 2.75) is 31.2 Å². The number of rotatable bonds is 6. The number of hydrogen-bond donors (Lipinski definition) is 1. The fraction of sp³-hybridized carbons (Fsp3) is 0.500. The number of carbonyl (C=O) groups is 1.